The molecular formula is C14H17N. The fourth-order valence-electron chi connectivity index (χ4n) is 1.55. The molecule has 0 spiro atoms. The Morgan fingerprint density at radius 2 is 1.33 bits per heavy atom. The molecule has 0 unspecified atom stereocenters. The van der Waals surface area contributed by atoms with Gasteiger partial charge in [0.25, 0.3) is 0 Å². The molecule has 15 heavy (non-hydrogen) atoms. The van der Waals surface area contributed by atoms with Crippen LogP contribution in [0.3, 0.4) is 0 Å². The molecule has 0 heterocycles. The van der Waals surface area contributed by atoms with E-state index in [2.05, 4.69) is 56.3 Å². The Morgan fingerprint density at radius 3 is 1.93 bits per heavy atom. The first kappa shape index (κ1) is 11.5. The van der Waals surface area contributed by atoms with Gasteiger partial charge in [0, 0.05) is 0 Å². The maximum absolute atomic E-state index is 2.24. The van der Waals surface area contributed by atoms with Crippen LogP contribution in [0.5, 0.6) is 0 Å². The average molecular weight is 199 g/mol. The van der Waals surface area contributed by atoms with Crippen molar-refractivity contribution in [2.24, 2.45) is 0 Å². The van der Waals surface area contributed by atoms with Crippen LogP contribution in [0, 0.1) is 13.8 Å². The predicted octanol–water partition coefficient (Wildman–Crippen LogP) is 4.13. The summed E-state index contributed by atoms with van der Waals surface area (Å²) in [7, 11) is 0. The molecule has 2 rings (SSSR count). The maximum Gasteiger partial charge on any atom is -0.0181 e. The Hall–Kier alpha value is -1.60. The molecule has 0 radical (unpaired) electrons. The minimum atomic E-state index is 0. The van der Waals surface area contributed by atoms with Gasteiger partial charge in [-0.15, -0.1) is 0 Å². The second-order valence-corrected chi connectivity index (χ2v) is 3.67. The molecule has 2 aromatic carbocycles. The van der Waals surface area contributed by atoms with Crippen LogP contribution < -0.4 is 6.15 Å². The highest BCUT2D eigenvalue weighted by Gasteiger charge is 1.97. The van der Waals surface area contributed by atoms with Gasteiger partial charge in [-0.2, -0.15) is 0 Å². The number of benzene rings is 2. The van der Waals surface area contributed by atoms with Gasteiger partial charge in [0.1, 0.15) is 0 Å². The van der Waals surface area contributed by atoms with Crippen molar-refractivity contribution < 1.29 is 0 Å². The third-order valence-corrected chi connectivity index (χ3v) is 2.61. The monoisotopic (exact) mass is 199 g/mol. The zero-order valence-electron chi connectivity index (χ0n) is 9.33. The van der Waals surface area contributed by atoms with E-state index in [9.17, 15) is 0 Å². The molecule has 0 atom stereocenters. The highest BCUT2D eigenvalue weighted by atomic mass is 14.0. The van der Waals surface area contributed by atoms with E-state index in [0.717, 1.165) is 0 Å². The third-order valence-electron chi connectivity index (χ3n) is 2.61. The van der Waals surface area contributed by atoms with Crippen LogP contribution in [-0.2, 0) is 0 Å². The lowest BCUT2D eigenvalue weighted by Crippen LogP contribution is -1.82. The van der Waals surface area contributed by atoms with Crippen LogP contribution in [0.2, 0.25) is 0 Å². The normalized spacial score (nSPS) is 9.47. The summed E-state index contributed by atoms with van der Waals surface area (Å²) < 4.78 is 0. The van der Waals surface area contributed by atoms with E-state index in [1.807, 2.05) is 6.07 Å². The summed E-state index contributed by atoms with van der Waals surface area (Å²) in [5.41, 5.74) is 5.29. The second-order valence-electron chi connectivity index (χ2n) is 3.67. The van der Waals surface area contributed by atoms with Crippen LogP contribution in [-0.4, -0.2) is 0 Å². The van der Waals surface area contributed by atoms with Gasteiger partial charge in [0.15, 0.2) is 0 Å². The number of hydrogen-bond acceptors (Lipinski definition) is 1. The molecule has 0 fully saturated rings. The van der Waals surface area contributed by atoms with Gasteiger partial charge in [-0.05, 0) is 36.1 Å². The zero-order chi connectivity index (χ0) is 9.97. The molecule has 0 amide bonds. The highest BCUT2D eigenvalue weighted by molar-refractivity contribution is 5.64. The molecule has 0 aliphatic heterocycles. The lowest BCUT2D eigenvalue weighted by atomic mass is 10.0. The standard InChI is InChI=1S/C14H14.H3N/c1-11-8-9-14(10-12(11)2)13-6-4-3-5-7-13;/h3-10H,1-2H3;1H3. The Labute approximate surface area is 91.4 Å². The van der Waals surface area contributed by atoms with Crippen molar-refractivity contribution in [1.29, 1.82) is 0 Å². The molecule has 0 bridgehead atoms. The van der Waals surface area contributed by atoms with Gasteiger partial charge < -0.3 is 6.15 Å². The molecule has 0 saturated heterocycles. The van der Waals surface area contributed by atoms with Gasteiger partial charge in [-0.3, -0.25) is 0 Å². The molecule has 0 aliphatic rings. The molecule has 3 N–H and O–H groups in total. The lowest BCUT2D eigenvalue weighted by molar-refractivity contribution is 1.34. The van der Waals surface area contributed by atoms with Crippen LogP contribution in [0.15, 0.2) is 48.5 Å². The summed E-state index contributed by atoms with van der Waals surface area (Å²) in [5, 5.41) is 0. The Kier molecular flexibility index (Phi) is 3.64. The molecule has 0 aromatic heterocycles. The number of rotatable bonds is 1. The zero-order valence-corrected chi connectivity index (χ0v) is 9.33. The smallest absolute Gasteiger partial charge is 0.0181 e. The van der Waals surface area contributed by atoms with Gasteiger partial charge >= 0.3 is 0 Å². The van der Waals surface area contributed by atoms with Crippen molar-refractivity contribution in [3.63, 3.8) is 0 Å². The highest BCUT2D eigenvalue weighted by Crippen LogP contribution is 2.21. The molecular weight excluding hydrogens is 182 g/mol. The first-order valence-electron chi connectivity index (χ1n) is 4.90. The largest absolute Gasteiger partial charge is 0.344 e. The Bertz CT molecular complexity index is 432. The maximum atomic E-state index is 2.24. The molecule has 1 nitrogen and oxygen atoms in total. The summed E-state index contributed by atoms with van der Waals surface area (Å²) in [6.07, 6.45) is 0. The minimum absolute atomic E-state index is 0. The molecule has 2 aromatic rings. The van der Waals surface area contributed by atoms with Gasteiger partial charge in [-0.1, -0.05) is 48.5 Å². The van der Waals surface area contributed by atoms with E-state index in [0.29, 0.717) is 0 Å². The third kappa shape index (κ3) is 2.45. The van der Waals surface area contributed by atoms with E-state index >= 15 is 0 Å². The van der Waals surface area contributed by atoms with Gasteiger partial charge in [0.2, 0.25) is 0 Å². The first-order chi connectivity index (χ1) is 6.77. The van der Waals surface area contributed by atoms with Crippen molar-refractivity contribution in [3.8, 4) is 11.1 Å². The molecule has 1 heteroatoms. The topological polar surface area (TPSA) is 35.0 Å². The fraction of sp³-hybridized carbons (Fsp3) is 0.143. The van der Waals surface area contributed by atoms with Crippen molar-refractivity contribution in [1.82, 2.24) is 6.15 Å². The first-order valence-corrected chi connectivity index (χ1v) is 4.90. The van der Waals surface area contributed by atoms with E-state index in [1.165, 1.54) is 22.3 Å². The molecule has 78 valence electrons. The van der Waals surface area contributed by atoms with E-state index in [1.54, 1.807) is 0 Å². The molecule has 0 aliphatic carbocycles. The van der Waals surface area contributed by atoms with Crippen LogP contribution in [0.25, 0.3) is 11.1 Å². The quantitative estimate of drug-likeness (QED) is 0.736. The van der Waals surface area contributed by atoms with E-state index < -0.39 is 0 Å². The van der Waals surface area contributed by atoms with Gasteiger partial charge in [-0.25, -0.2) is 0 Å². The summed E-state index contributed by atoms with van der Waals surface area (Å²) in [6, 6.07) is 17.1. The predicted molar refractivity (Wildman–Crippen MR) is 66.4 cm³/mol. The van der Waals surface area contributed by atoms with E-state index in [4.69, 9.17) is 0 Å². The van der Waals surface area contributed by atoms with Crippen LogP contribution >= 0.6 is 0 Å². The number of hydrogen-bond donors (Lipinski definition) is 1. The van der Waals surface area contributed by atoms with Crippen molar-refractivity contribution in [2.45, 2.75) is 13.8 Å². The van der Waals surface area contributed by atoms with E-state index in [-0.39, 0.29) is 6.15 Å². The SMILES string of the molecule is Cc1ccc(-c2ccccc2)cc1C.N. The van der Waals surface area contributed by atoms with Crippen molar-refractivity contribution in [3.05, 3.63) is 59.7 Å². The summed E-state index contributed by atoms with van der Waals surface area (Å²) in [6.45, 7) is 4.30. The molecule has 0 saturated carbocycles. The van der Waals surface area contributed by atoms with Crippen LogP contribution in [0.4, 0.5) is 0 Å². The van der Waals surface area contributed by atoms with Crippen molar-refractivity contribution >= 4 is 0 Å². The summed E-state index contributed by atoms with van der Waals surface area (Å²) in [4.78, 5) is 0. The second kappa shape index (κ2) is 4.76. The summed E-state index contributed by atoms with van der Waals surface area (Å²) in [5.74, 6) is 0. The fourth-order valence-corrected chi connectivity index (χ4v) is 1.55. The average Bonchev–Trinajstić information content (AvgIpc) is 2.23. The summed E-state index contributed by atoms with van der Waals surface area (Å²) >= 11 is 0. The van der Waals surface area contributed by atoms with Crippen molar-refractivity contribution in [2.75, 3.05) is 0 Å². The Balaban J connectivity index is 0.00000112. The van der Waals surface area contributed by atoms with Gasteiger partial charge in [0.05, 0.1) is 0 Å². The minimum Gasteiger partial charge on any atom is -0.344 e. The lowest BCUT2D eigenvalue weighted by Gasteiger charge is -2.04. The van der Waals surface area contributed by atoms with Crippen LogP contribution in [0.1, 0.15) is 11.1 Å². The number of aryl methyl sites for hydroxylation is 2. The Morgan fingerprint density at radius 1 is 0.667 bits per heavy atom.